The van der Waals surface area contributed by atoms with Crippen molar-refractivity contribution in [2.45, 2.75) is 51.0 Å². The summed E-state index contributed by atoms with van der Waals surface area (Å²) < 4.78 is 33.7. The van der Waals surface area contributed by atoms with Crippen molar-refractivity contribution < 1.29 is 23.4 Å². The molecule has 0 N–H and O–H groups in total. The van der Waals surface area contributed by atoms with Gasteiger partial charge in [0.2, 0.25) is 5.88 Å². The van der Waals surface area contributed by atoms with Crippen LogP contribution >= 0.6 is 15.9 Å². The quantitative estimate of drug-likeness (QED) is 0.212. The number of nitriles is 1. The van der Waals surface area contributed by atoms with E-state index in [1.807, 2.05) is 24.3 Å². The first-order valence-electron chi connectivity index (χ1n) is 14.3. The third kappa shape index (κ3) is 6.42. The predicted molar refractivity (Wildman–Crippen MR) is 160 cm³/mol. The number of benzene rings is 2. The molecule has 43 heavy (non-hydrogen) atoms. The van der Waals surface area contributed by atoms with Crippen molar-refractivity contribution in [3.8, 4) is 11.9 Å². The first-order valence-corrected chi connectivity index (χ1v) is 15.1. The first kappa shape index (κ1) is 29.2. The van der Waals surface area contributed by atoms with Gasteiger partial charge in [0.15, 0.2) is 0 Å². The lowest BCUT2D eigenvalue weighted by Gasteiger charge is -2.32. The third-order valence-electron chi connectivity index (χ3n) is 8.16. The molecular formula is C32H31BrFN5O4. The van der Waals surface area contributed by atoms with Crippen molar-refractivity contribution in [3.05, 3.63) is 87.0 Å². The average molecular weight is 649 g/mol. The first-order chi connectivity index (χ1) is 20.9. The minimum atomic E-state index is -0.465. The van der Waals surface area contributed by atoms with Crippen LogP contribution in [0.1, 0.15) is 58.2 Å². The number of carbonyl (C=O) groups is 1. The standard InChI is InChI=1S/C32H31BrFN5O4/c1-41-32(40)23-14-25(33)31-28(15-23)39(17-24-9-12-42-24)29(37-31)18-38-10-7-21(8-11-38)27-3-2-4-30(36-27)43-19-22-6-5-20(16-35)13-26(22)34/h2-6,13-15,21,24H,7-12,17-19H2,1H3. The lowest BCUT2D eigenvalue weighted by molar-refractivity contribution is -0.0592. The number of carbonyl (C=O) groups excluding carboxylic acids is 1. The van der Waals surface area contributed by atoms with Gasteiger partial charge < -0.3 is 18.8 Å². The number of fused-ring (bicyclic) bond motifs is 1. The molecule has 1 atom stereocenters. The highest BCUT2D eigenvalue weighted by molar-refractivity contribution is 9.10. The van der Waals surface area contributed by atoms with E-state index in [1.165, 1.54) is 13.2 Å². The fourth-order valence-electron chi connectivity index (χ4n) is 5.63. The van der Waals surface area contributed by atoms with Crippen LogP contribution in [0.3, 0.4) is 0 Å². The van der Waals surface area contributed by atoms with Crippen molar-refractivity contribution in [1.29, 1.82) is 5.26 Å². The van der Waals surface area contributed by atoms with Gasteiger partial charge in [0.25, 0.3) is 0 Å². The number of halogens is 2. The predicted octanol–water partition coefficient (Wildman–Crippen LogP) is 5.74. The molecule has 2 aromatic heterocycles. The van der Waals surface area contributed by atoms with Crippen LogP contribution in [-0.2, 0) is 29.2 Å². The maximum Gasteiger partial charge on any atom is 0.337 e. The van der Waals surface area contributed by atoms with Gasteiger partial charge in [-0.3, -0.25) is 4.90 Å². The van der Waals surface area contributed by atoms with E-state index in [0.717, 1.165) is 66.0 Å². The Morgan fingerprint density at radius 1 is 1.16 bits per heavy atom. The van der Waals surface area contributed by atoms with Crippen LogP contribution in [0.2, 0.25) is 0 Å². The Kier molecular flexibility index (Phi) is 8.70. The van der Waals surface area contributed by atoms with Crippen LogP contribution in [0.25, 0.3) is 11.0 Å². The number of piperidine rings is 1. The Balaban J connectivity index is 1.12. The molecule has 4 heterocycles. The van der Waals surface area contributed by atoms with Crippen molar-refractivity contribution in [1.82, 2.24) is 19.4 Å². The summed E-state index contributed by atoms with van der Waals surface area (Å²) in [6, 6.07) is 15.6. The minimum Gasteiger partial charge on any atom is -0.473 e. The molecule has 0 bridgehead atoms. The number of rotatable bonds is 9. The molecule has 4 aromatic rings. The van der Waals surface area contributed by atoms with E-state index in [0.29, 0.717) is 30.1 Å². The van der Waals surface area contributed by atoms with Crippen molar-refractivity contribution in [2.24, 2.45) is 0 Å². The average Bonchev–Trinajstić information content (AvgIpc) is 3.35. The molecule has 0 amide bonds. The molecule has 6 rings (SSSR count). The van der Waals surface area contributed by atoms with Crippen LogP contribution in [0, 0.1) is 17.1 Å². The molecule has 0 saturated carbocycles. The lowest BCUT2D eigenvalue weighted by atomic mass is 9.93. The van der Waals surface area contributed by atoms with E-state index in [4.69, 9.17) is 29.4 Å². The largest absolute Gasteiger partial charge is 0.473 e. The summed E-state index contributed by atoms with van der Waals surface area (Å²) in [4.78, 5) is 24.4. The van der Waals surface area contributed by atoms with E-state index in [9.17, 15) is 9.18 Å². The summed E-state index contributed by atoms with van der Waals surface area (Å²) in [5, 5.41) is 8.95. The van der Waals surface area contributed by atoms with Gasteiger partial charge in [-0.25, -0.2) is 19.2 Å². The molecule has 2 aliphatic heterocycles. The monoisotopic (exact) mass is 647 g/mol. The van der Waals surface area contributed by atoms with Gasteiger partial charge in [-0.15, -0.1) is 0 Å². The number of ether oxygens (including phenoxy) is 3. The molecule has 0 radical (unpaired) electrons. The fraction of sp³-hybridized carbons (Fsp3) is 0.375. The number of hydrogen-bond donors (Lipinski definition) is 0. The second kappa shape index (κ2) is 12.8. The SMILES string of the molecule is COC(=O)c1cc(Br)c2nc(CN3CCC(c4cccc(OCc5ccc(C#N)cc5F)n4)CC3)n(CC3CCO3)c2c1. The van der Waals surface area contributed by atoms with Crippen molar-refractivity contribution >= 4 is 32.9 Å². The van der Waals surface area contributed by atoms with Crippen molar-refractivity contribution in [3.63, 3.8) is 0 Å². The third-order valence-corrected chi connectivity index (χ3v) is 8.77. The Hall–Kier alpha value is -3.85. The van der Waals surface area contributed by atoms with Gasteiger partial charge in [0.05, 0.1) is 49.0 Å². The van der Waals surface area contributed by atoms with Crippen molar-refractivity contribution in [2.75, 3.05) is 26.8 Å². The zero-order valence-electron chi connectivity index (χ0n) is 23.8. The van der Waals surface area contributed by atoms with Gasteiger partial charge in [-0.1, -0.05) is 12.1 Å². The number of aromatic nitrogens is 3. The second-order valence-corrected chi connectivity index (χ2v) is 11.7. The Morgan fingerprint density at radius 3 is 2.67 bits per heavy atom. The highest BCUT2D eigenvalue weighted by atomic mass is 79.9. The van der Waals surface area contributed by atoms with Gasteiger partial charge in [-0.2, -0.15) is 5.26 Å². The number of imidazole rings is 1. The van der Waals surface area contributed by atoms with Crippen LogP contribution in [0.5, 0.6) is 5.88 Å². The molecule has 2 aromatic carbocycles. The molecule has 222 valence electrons. The van der Waals surface area contributed by atoms with Crippen LogP contribution < -0.4 is 4.74 Å². The van der Waals surface area contributed by atoms with Gasteiger partial charge in [0.1, 0.15) is 23.8 Å². The summed E-state index contributed by atoms with van der Waals surface area (Å²) in [5.74, 6) is 0.823. The highest BCUT2D eigenvalue weighted by Gasteiger charge is 2.27. The molecule has 2 saturated heterocycles. The maximum atomic E-state index is 14.3. The minimum absolute atomic E-state index is 0.0383. The smallest absolute Gasteiger partial charge is 0.337 e. The number of pyridine rings is 1. The molecule has 1 unspecified atom stereocenters. The Bertz CT molecular complexity index is 1690. The van der Waals surface area contributed by atoms with Crippen LogP contribution in [-0.4, -0.2) is 58.3 Å². The molecular weight excluding hydrogens is 617 g/mol. The molecule has 9 nitrogen and oxygen atoms in total. The summed E-state index contributed by atoms with van der Waals surface area (Å²) in [6.45, 7) is 3.93. The zero-order chi connectivity index (χ0) is 29.9. The van der Waals surface area contributed by atoms with E-state index in [2.05, 4.69) is 25.4 Å². The van der Waals surface area contributed by atoms with E-state index in [1.54, 1.807) is 24.3 Å². The van der Waals surface area contributed by atoms with Crippen LogP contribution in [0.4, 0.5) is 4.39 Å². The molecule has 2 fully saturated rings. The summed E-state index contributed by atoms with van der Waals surface area (Å²) in [7, 11) is 1.38. The summed E-state index contributed by atoms with van der Waals surface area (Å²) in [5.41, 5.74) is 3.80. The maximum absolute atomic E-state index is 14.3. The number of likely N-dealkylation sites (tertiary alicyclic amines) is 1. The lowest BCUT2D eigenvalue weighted by Crippen LogP contribution is -2.35. The van der Waals surface area contributed by atoms with Crippen LogP contribution in [0.15, 0.2) is 53.0 Å². The van der Waals surface area contributed by atoms with E-state index in [-0.39, 0.29) is 30.2 Å². The number of nitrogens with zero attached hydrogens (tertiary/aromatic N) is 5. The number of hydrogen-bond acceptors (Lipinski definition) is 8. The second-order valence-electron chi connectivity index (χ2n) is 10.9. The zero-order valence-corrected chi connectivity index (χ0v) is 25.3. The molecule has 0 spiro atoms. The highest BCUT2D eigenvalue weighted by Crippen LogP contribution is 2.32. The number of esters is 1. The summed E-state index contributed by atoms with van der Waals surface area (Å²) in [6.07, 6.45) is 3.00. The Labute approximate surface area is 257 Å². The van der Waals surface area contributed by atoms with Gasteiger partial charge in [0, 0.05) is 34.3 Å². The summed E-state index contributed by atoms with van der Waals surface area (Å²) >= 11 is 3.61. The molecule has 11 heteroatoms. The van der Waals surface area contributed by atoms with E-state index < -0.39 is 5.82 Å². The topological polar surface area (TPSA) is 102 Å². The Morgan fingerprint density at radius 2 is 1.98 bits per heavy atom. The molecule has 2 aliphatic rings. The van der Waals surface area contributed by atoms with Gasteiger partial charge in [-0.05, 0) is 78.6 Å². The molecule has 0 aliphatic carbocycles. The normalized spacial score (nSPS) is 17.4. The number of methoxy groups -OCH3 is 1. The fourth-order valence-corrected chi connectivity index (χ4v) is 6.17. The van der Waals surface area contributed by atoms with Gasteiger partial charge >= 0.3 is 5.97 Å². The van der Waals surface area contributed by atoms with E-state index >= 15 is 0 Å².